The predicted molar refractivity (Wildman–Crippen MR) is 128 cm³/mol. The first-order valence-corrected chi connectivity index (χ1v) is 11.9. The fraction of sp³-hybridized carbons (Fsp3) is 0.333. The van der Waals surface area contributed by atoms with E-state index in [1.165, 1.54) is 11.8 Å². The number of aryl methyl sites for hydroxylation is 1. The van der Waals surface area contributed by atoms with Crippen LogP contribution in [0, 0.1) is 17.0 Å². The van der Waals surface area contributed by atoms with Gasteiger partial charge >= 0.3 is 0 Å². The van der Waals surface area contributed by atoms with Crippen LogP contribution < -0.4 is 9.47 Å². The van der Waals surface area contributed by atoms with Gasteiger partial charge in [-0.15, -0.1) is 10.2 Å². The zero-order valence-electron chi connectivity index (χ0n) is 17.7. The molecule has 8 nitrogen and oxygen atoms in total. The maximum atomic E-state index is 11.5. The minimum Gasteiger partial charge on any atom is -0.490 e. The van der Waals surface area contributed by atoms with Crippen molar-refractivity contribution in [1.82, 2.24) is 14.8 Å². The molecule has 1 heterocycles. The number of halogens is 2. The van der Waals surface area contributed by atoms with E-state index in [9.17, 15) is 10.1 Å². The molecule has 3 rings (SSSR count). The number of rotatable bonds is 10. The van der Waals surface area contributed by atoms with Gasteiger partial charge < -0.3 is 9.47 Å². The zero-order chi connectivity index (χ0) is 23.3. The molecule has 0 spiro atoms. The molecule has 2 aromatic carbocycles. The monoisotopic (exact) mass is 540 g/mol. The smallest absolute Gasteiger partial charge is 0.220 e. The van der Waals surface area contributed by atoms with Gasteiger partial charge in [-0.1, -0.05) is 39.3 Å². The largest absolute Gasteiger partial charge is 0.490 e. The van der Waals surface area contributed by atoms with Crippen LogP contribution in [0.4, 0.5) is 0 Å². The molecule has 0 bridgehead atoms. The summed E-state index contributed by atoms with van der Waals surface area (Å²) in [5.41, 5.74) is 1.53. The molecular weight excluding hydrogens is 520 g/mol. The van der Waals surface area contributed by atoms with Gasteiger partial charge in [-0.05, 0) is 62.7 Å². The molecule has 0 saturated heterocycles. The highest BCUT2D eigenvalue weighted by Crippen LogP contribution is 2.43. The van der Waals surface area contributed by atoms with Crippen LogP contribution >= 0.6 is 39.3 Å². The van der Waals surface area contributed by atoms with Crippen LogP contribution in [0.3, 0.4) is 0 Å². The van der Waals surface area contributed by atoms with Crippen molar-refractivity contribution in [2.24, 2.45) is 0 Å². The van der Waals surface area contributed by atoms with Crippen molar-refractivity contribution in [2.45, 2.75) is 31.2 Å². The first-order valence-electron chi connectivity index (χ1n) is 9.89. The molecule has 11 heteroatoms. The molecular formula is C21H22BrClN4O4S. The van der Waals surface area contributed by atoms with E-state index in [1.54, 1.807) is 24.3 Å². The van der Waals surface area contributed by atoms with E-state index in [-0.39, 0.29) is 11.5 Å². The standard InChI is InChI=1S/C21H22BrClN4O4S/c1-4-30-18-10-16(17(22)11-19(18)31-5-2)20(12-26(28)29)32-21-25-24-13(3)27(21)15-8-6-14(23)7-9-15/h6-11,20H,4-5,12H2,1-3H3/t20-/m1/s1. The van der Waals surface area contributed by atoms with Gasteiger partial charge in [-0.25, -0.2) is 0 Å². The molecule has 0 N–H and O–H groups in total. The molecule has 0 unspecified atom stereocenters. The Balaban J connectivity index is 2.03. The summed E-state index contributed by atoms with van der Waals surface area (Å²) in [5.74, 6) is 1.78. The normalized spacial score (nSPS) is 11.9. The second-order valence-electron chi connectivity index (χ2n) is 6.65. The second kappa shape index (κ2) is 11.0. The minimum atomic E-state index is -0.552. The van der Waals surface area contributed by atoms with Gasteiger partial charge in [0, 0.05) is 20.1 Å². The molecule has 0 radical (unpaired) electrons. The Morgan fingerprint density at radius 3 is 2.38 bits per heavy atom. The molecule has 0 fully saturated rings. The number of benzene rings is 2. The number of aromatic nitrogens is 3. The Kier molecular flexibility index (Phi) is 8.38. The SMILES string of the molecule is CCOc1cc(Br)c([C@@H](C[N+](=O)[O-])Sc2nnc(C)n2-c2ccc(Cl)cc2)cc1OCC. The van der Waals surface area contributed by atoms with E-state index < -0.39 is 5.25 Å². The van der Waals surface area contributed by atoms with Crippen molar-refractivity contribution >= 4 is 39.3 Å². The summed E-state index contributed by atoms with van der Waals surface area (Å²) < 4.78 is 13.9. The Morgan fingerprint density at radius 2 is 1.78 bits per heavy atom. The maximum Gasteiger partial charge on any atom is 0.220 e. The fourth-order valence-corrected chi connectivity index (χ4v) is 5.18. The lowest BCUT2D eigenvalue weighted by Gasteiger charge is -2.19. The van der Waals surface area contributed by atoms with E-state index in [0.717, 1.165) is 5.69 Å². The van der Waals surface area contributed by atoms with Crippen molar-refractivity contribution in [3.63, 3.8) is 0 Å². The predicted octanol–water partition coefficient (Wildman–Crippen LogP) is 5.90. The summed E-state index contributed by atoms with van der Waals surface area (Å²) in [4.78, 5) is 11.2. The summed E-state index contributed by atoms with van der Waals surface area (Å²) >= 11 is 10.8. The Bertz CT molecular complexity index is 1090. The van der Waals surface area contributed by atoms with Crippen LogP contribution in [-0.2, 0) is 0 Å². The molecule has 170 valence electrons. The molecule has 1 aromatic heterocycles. The number of thioether (sulfide) groups is 1. The van der Waals surface area contributed by atoms with Crippen molar-refractivity contribution in [3.05, 3.63) is 67.4 Å². The third-order valence-electron chi connectivity index (χ3n) is 4.45. The first kappa shape index (κ1) is 24.3. The molecule has 0 aliphatic rings. The first-order chi connectivity index (χ1) is 15.3. The summed E-state index contributed by atoms with van der Waals surface area (Å²) in [6.07, 6.45) is 0. The average Bonchev–Trinajstić information content (AvgIpc) is 3.10. The number of hydrogen-bond acceptors (Lipinski definition) is 7. The Hall–Kier alpha value is -2.30. The van der Waals surface area contributed by atoms with Crippen molar-refractivity contribution in [3.8, 4) is 17.2 Å². The highest BCUT2D eigenvalue weighted by molar-refractivity contribution is 9.10. The number of ether oxygens (including phenoxy) is 2. The average molecular weight is 542 g/mol. The Morgan fingerprint density at radius 1 is 1.16 bits per heavy atom. The Labute approximate surface area is 203 Å². The topological polar surface area (TPSA) is 92.3 Å². The van der Waals surface area contributed by atoms with E-state index in [2.05, 4.69) is 26.1 Å². The zero-order valence-corrected chi connectivity index (χ0v) is 20.9. The van der Waals surface area contributed by atoms with E-state index in [4.69, 9.17) is 21.1 Å². The number of hydrogen-bond donors (Lipinski definition) is 0. The summed E-state index contributed by atoms with van der Waals surface area (Å²) in [5, 5.41) is 20.6. The number of nitro groups is 1. The maximum absolute atomic E-state index is 11.5. The van der Waals surface area contributed by atoms with Crippen molar-refractivity contribution in [2.75, 3.05) is 19.8 Å². The highest BCUT2D eigenvalue weighted by Gasteiger charge is 2.27. The second-order valence-corrected chi connectivity index (χ2v) is 9.11. The lowest BCUT2D eigenvalue weighted by molar-refractivity contribution is -0.479. The lowest BCUT2D eigenvalue weighted by atomic mass is 10.1. The molecule has 0 saturated carbocycles. The quantitative estimate of drug-likeness (QED) is 0.179. The molecule has 0 aliphatic carbocycles. The third-order valence-corrected chi connectivity index (χ3v) is 6.55. The molecule has 0 aliphatic heterocycles. The van der Waals surface area contributed by atoms with Gasteiger partial charge in [0.1, 0.15) is 11.1 Å². The fourth-order valence-electron chi connectivity index (χ4n) is 3.10. The van der Waals surface area contributed by atoms with Crippen molar-refractivity contribution in [1.29, 1.82) is 0 Å². The van der Waals surface area contributed by atoms with Gasteiger partial charge in [0.05, 0.1) is 13.2 Å². The van der Waals surface area contributed by atoms with Gasteiger partial charge in [-0.2, -0.15) is 0 Å². The third kappa shape index (κ3) is 5.73. The van der Waals surface area contributed by atoms with Gasteiger partial charge in [-0.3, -0.25) is 14.7 Å². The van der Waals surface area contributed by atoms with Crippen LogP contribution in [0.15, 0.2) is 46.0 Å². The molecule has 3 aromatic rings. The van der Waals surface area contributed by atoms with Crippen molar-refractivity contribution < 1.29 is 14.4 Å². The highest BCUT2D eigenvalue weighted by atomic mass is 79.9. The minimum absolute atomic E-state index is 0.310. The van der Waals surface area contributed by atoms with Crippen LogP contribution in [0.5, 0.6) is 11.5 Å². The number of nitrogens with zero attached hydrogens (tertiary/aromatic N) is 4. The van der Waals surface area contributed by atoms with Crippen LogP contribution in [-0.4, -0.2) is 39.4 Å². The van der Waals surface area contributed by atoms with E-state index in [0.29, 0.717) is 50.8 Å². The molecule has 32 heavy (non-hydrogen) atoms. The molecule has 0 amide bonds. The van der Waals surface area contributed by atoms with E-state index >= 15 is 0 Å². The van der Waals surface area contributed by atoms with Gasteiger partial charge in [0.25, 0.3) is 0 Å². The van der Waals surface area contributed by atoms with Gasteiger partial charge in [0.2, 0.25) is 6.54 Å². The van der Waals surface area contributed by atoms with E-state index in [1.807, 2.05) is 37.5 Å². The van der Waals surface area contributed by atoms with Crippen LogP contribution in [0.1, 0.15) is 30.5 Å². The summed E-state index contributed by atoms with van der Waals surface area (Å²) in [7, 11) is 0. The molecule has 1 atom stereocenters. The lowest BCUT2D eigenvalue weighted by Crippen LogP contribution is -2.12. The summed E-state index contributed by atoms with van der Waals surface area (Å²) in [6.45, 7) is 6.19. The summed E-state index contributed by atoms with van der Waals surface area (Å²) in [6, 6.07) is 10.8. The van der Waals surface area contributed by atoms with Crippen LogP contribution in [0.25, 0.3) is 5.69 Å². The van der Waals surface area contributed by atoms with Gasteiger partial charge in [0.15, 0.2) is 16.7 Å². The van der Waals surface area contributed by atoms with Crippen LogP contribution in [0.2, 0.25) is 5.02 Å².